The molecule has 0 saturated heterocycles. The topological polar surface area (TPSA) is 72.9 Å². The van der Waals surface area contributed by atoms with Crippen molar-refractivity contribution < 1.29 is 0 Å². The molecule has 0 bridgehead atoms. The fourth-order valence-corrected chi connectivity index (χ4v) is 1.18. The number of likely N-dealkylation sites (N-methyl/N-ethyl adjacent to an activating group) is 1. The van der Waals surface area contributed by atoms with Crippen molar-refractivity contribution in [3.8, 4) is 0 Å². The summed E-state index contributed by atoms with van der Waals surface area (Å²) in [6.45, 7) is 4.21. The van der Waals surface area contributed by atoms with Crippen LogP contribution in [0.3, 0.4) is 0 Å². The van der Waals surface area contributed by atoms with E-state index in [4.69, 9.17) is 5.73 Å². The van der Waals surface area contributed by atoms with Crippen LogP contribution in [0, 0.1) is 0 Å². The van der Waals surface area contributed by atoms with E-state index in [0.717, 1.165) is 0 Å². The summed E-state index contributed by atoms with van der Waals surface area (Å²) >= 11 is 0. The standard InChI is InChI=1S/C9H20N6/c1-9(2,14(3)4)7(10)6-8-11-13-15(5)12-8/h7H,6,10H2,1-5H3. The predicted octanol–water partition coefficient (Wildman–Crippen LogP) is -0.580. The SMILES string of the molecule is CN(C)C(C)(C)C(N)Cc1nnn(C)n1. The van der Waals surface area contributed by atoms with Crippen LogP contribution >= 0.6 is 0 Å². The molecule has 0 amide bonds. The molecular formula is C9H20N6. The second-order valence-corrected chi connectivity index (χ2v) is 4.55. The minimum absolute atomic E-state index is 0.0169. The first kappa shape index (κ1) is 12.1. The number of tetrazole rings is 1. The van der Waals surface area contributed by atoms with Crippen LogP contribution < -0.4 is 5.73 Å². The van der Waals surface area contributed by atoms with Gasteiger partial charge in [0.25, 0.3) is 0 Å². The Hall–Kier alpha value is -1.01. The molecule has 0 aliphatic heterocycles. The second-order valence-electron chi connectivity index (χ2n) is 4.55. The Kier molecular flexibility index (Phi) is 3.41. The van der Waals surface area contributed by atoms with Crippen molar-refractivity contribution in [3.05, 3.63) is 5.82 Å². The largest absolute Gasteiger partial charge is 0.326 e. The Morgan fingerprint density at radius 2 is 2.07 bits per heavy atom. The monoisotopic (exact) mass is 212 g/mol. The van der Waals surface area contributed by atoms with Crippen molar-refractivity contribution in [1.29, 1.82) is 0 Å². The number of rotatable bonds is 4. The lowest BCUT2D eigenvalue weighted by atomic mass is 9.91. The van der Waals surface area contributed by atoms with E-state index in [9.17, 15) is 0 Å². The molecule has 1 rings (SSSR count). The summed E-state index contributed by atoms with van der Waals surface area (Å²) in [5.41, 5.74) is 6.05. The van der Waals surface area contributed by atoms with Gasteiger partial charge in [-0.05, 0) is 33.2 Å². The third-order valence-corrected chi connectivity index (χ3v) is 3.01. The summed E-state index contributed by atoms with van der Waals surface area (Å²) in [6.07, 6.45) is 0.638. The van der Waals surface area contributed by atoms with Gasteiger partial charge in [-0.15, -0.1) is 10.2 Å². The Morgan fingerprint density at radius 1 is 1.47 bits per heavy atom. The molecule has 0 fully saturated rings. The van der Waals surface area contributed by atoms with E-state index >= 15 is 0 Å². The van der Waals surface area contributed by atoms with E-state index in [0.29, 0.717) is 12.2 Å². The van der Waals surface area contributed by atoms with Crippen LogP contribution in [0.5, 0.6) is 0 Å². The highest BCUT2D eigenvalue weighted by molar-refractivity contribution is 4.95. The third-order valence-electron chi connectivity index (χ3n) is 3.01. The number of nitrogens with zero attached hydrogens (tertiary/aromatic N) is 5. The number of aryl methyl sites for hydroxylation is 1. The number of hydrogen-bond acceptors (Lipinski definition) is 5. The van der Waals surface area contributed by atoms with E-state index in [-0.39, 0.29) is 11.6 Å². The van der Waals surface area contributed by atoms with Crippen molar-refractivity contribution in [2.24, 2.45) is 12.8 Å². The first-order valence-electron chi connectivity index (χ1n) is 5.00. The van der Waals surface area contributed by atoms with Gasteiger partial charge >= 0.3 is 0 Å². The molecule has 1 heterocycles. The molecule has 6 heteroatoms. The van der Waals surface area contributed by atoms with Crippen LogP contribution in [0.15, 0.2) is 0 Å². The molecule has 15 heavy (non-hydrogen) atoms. The van der Waals surface area contributed by atoms with Gasteiger partial charge in [-0.1, -0.05) is 0 Å². The van der Waals surface area contributed by atoms with Crippen molar-refractivity contribution in [3.63, 3.8) is 0 Å². The van der Waals surface area contributed by atoms with Crippen LogP contribution in [0.4, 0.5) is 0 Å². The molecule has 86 valence electrons. The highest BCUT2D eigenvalue weighted by Gasteiger charge is 2.29. The molecule has 1 unspecified atom stereocenters. The van der Waals surface area contributed by atoms with Crippen molar-refractivity contribution in [1.82, 2.24) is 25.1 Å². The van der Waals surface area contributed by atoms with Gasteiger partial charge < -0.3 is 10.6 Å². The summed E-state index contributed by atoms with van der Waals surface area (Å²) in [7, 11) is 5.78. The second kappa shape index (κ2) is 4.24. The Morgan fingerprint density at radius 3 is 2.47 bits per heavy atom. The van der Waals surface area contributed by atoms with Gasteiger partial charge in [-0.25, -0.2) is 0 Å². The van der Waals surface area contributed by atoms with Crippen molar-refractivity contribution in [2.75, 3.05) is 14.1 Å². The highest BCUT2D eigenvalue weighted by Crippen LogP contribution is 2.16. The van der Waals surface area contributed by atoms with Crippen LogP contribution in [0.25, 0.3) is 0 Å². The number of nitrogens with two attached hydrogens (primary N) is 1. The summed E-state index contributed by atoms with van der Waals surface area (Å²) in [4.78, 5) is 3.55. The first-order chi connectivity index (χ1) is 6.84. The maximum absolute atomic E-state index is 6.13. The fourth-order valence-electron chi connectivity index (χ4n) is 1.18. The molecule has 1 aromatic rings. The average molecular weight is 212 g/mol. The lowest BCUT2D eigenvalue weighted by molar-refractivity contribution is 0.156. The van der Waals surface area contributed by atoms with E-state index in [2.05, 4.69) is 34.2 Å². The molecule has 6 nitrogen and oxygen atoms in total. The van der Waals surface area contributed by atoms with Crippen molar-refractivity contribution in [2.45, 2.75) is 31.8 Å². The molecule has 0 aliphatic rings. The smallest absolute Gasteiger partial charge is 0.176 e. The summed E-state index contributed by atoms with van der Waals surface area (Å²) in [6, 6.07) is -0.0169. The molecule has 0 spiro atoms. The quantitative estimate of drug-likeness (QED) is 0.723. The number of aromatic nitrogens is 4. The Bertz CT molecular complexity index is 316. The molecule has 1 aromatic heterocycles. The van der Waals surface area contributed by atoms with Gasteiger partial charge in [0, 0.05) is 18.0 Å². The molecule has 2 N–H and O–H groups in total. The molecule has 0 aromatic carbocycles. The van der Waals surface area contributed by atoms with Gasteiger partial charge in [0.05, 0.1) is 7.05 Å². The summed E-state index contributed by atoms with van der Waals surface area (Å²) < 4.78 is 0. The maximum atomic E-state index is 6.13. The average Bonchev–Trinajstić information content (AvgIpc) is 2.50. The lowest BCUT2D eigenvalue weighted by Crippen LogP contribution is -2.54. The zero-order valence-corrected chi connectivity index (χ0v) is 10.1. The van der Waals surface area contributed by atoms with Crippen LogP contribution in [-0.4, -0.2) is 50.8 Å². The lowest BCUT2D eigenvalue weighted by Gasteiger charge is -2.37. The fraction of sp³-hybridized carbons (Fsp3) is 0.889. The first-order valence-corrected chi connectivity index (χ1v) is 5.00. The molecule has 0 radical (unpaired) electrons. The van der Waals surface area contributed by atoms with Crippen molar-refractivity contribution >= 4 is 0 Å². The van der Waals surface area contributed by atoms with Crippen LogP contribution in [-0.2, 0) is 13.5 Å². The van der Waals surface area contributed by atoms with E-state index < -0.39 is 0 Å². The zero-order chi connectivity index (χ0) is 11.6. The molecule has 0 aliphatic carbocycles. The molecule has 1 atom stereocenters. The maximum Gasteiger partial charge on any atom is 0.176 e. The molecular weight excluding hydrogens is 192 g/mol. The van der Waals surface area contributed by atoms with Gasteiger partial charge in [0.15, 0.2) is 5.82 Å². The normalized spacial score (nSPS) is 14.6. The van der Waals surface area contributed by atoms with E-state index in [1.165, 1.54) is 4.80 Å². The van der Waals surface area contributed by atoms with Gasteiger partial charge in [-0.3, -0.25) is 0 Å². The Labute approximate surface area is 90.4 Å². The number of hydrogen-bond donors (Lipinski definition) is 1. The predicted molar refractivity (Wildman–Crippen MR) is 58.2 cm³/mol. The molecule has 0 saturated carbocycles. The minimum Gasteiger partial charge on any atom is -0.326 e. The summed E-state index contributed by atoms with van der Waals surface area (Å²) in [5, 5.41) is 11.8. The van der Waals surface area contributed by atoms with E-state index in [1.807, 2.05) is 14.1 Å². The van der Waals surface area contributed by atoms with E-state index in [1.54, 1.807) is 7.05 Å². The Balaban J connectivity index is 2.67. The van der Waals surface area contributed by atoms with Gasteiger partial charge in [-0.2, -0.15) is 4.80 Å². The van der Waals surface area contributed by atoms with Crippen LogP contribution in [0.1, 0.15) is 19.7 Å². The van der Waals surface area contributed by atoms with Crippen LogP contribution in [0.2, 0.25) is 0 Å². The van der Waals surface area contributed by atoms with Gasteiger partial charge in [0.1, 0.15) is 0 Å². The van der Waals surface area contributed by atoms with Gasteiger partial charge in [0.2, 0.25) is 0 Å². The highest BCUT2D eigenvalue weighted by atomic mass is 15.6. The third kappa shape index (κ3) is 2.73. The summed E-state index contributed by atoms with van der Waals surface area (Å²) in [5.74, 6) is 0.694. The zero-order valence-electron chi connectivity index (χ0n) is 10.1. The minimum atomic E-state index is -0.0841.